The highest BCUT2D eigenvalue weighted by Gasteiger charge is 2.15. The molecule has 2 aromatic rings. The molecule has 100 valence electrons. The predicted octanol–water partition coefficient (Wildman–Crippen LogP) is 3.14. The number of benzene rings is 2. The second-order valence-electron chi connectivity index (χ2n) is 4.15. The molecule has 0 bridgehead atoms. The van der Waals surface area contributed by atoms with Gasteiger partial charge >= 0.3 is 0 Å². The van der Waals surface area contributed by atoms with Crippen LogP contribution in [-0.4, -0.2) is 8.42 Å². The van der Waals surface area contributed by atoms with Crippen molar-refractivity contribution in [3.8, 4) is 0 Å². The van der Waals surface area contributed by atoms with Gasteiger partial charge in [0.1, 0.15) is 0 Å². The lowest BCUT2D eigenvalue weighted by Crippen LogP contribution is -2.14. The maximum Gasteiger partial charge on any atom is 0.261 e. The van der Waals surface area contributed by atoms with Crippen molar-refractivity contribution < 1.29 is 8.42 Å². The standard InChI is InChI=1S/C13H13BrN2O2S/c1-9-2-5-11(6-3-9)19(17,18)16-13-8-10(14)4-7-12(13)15/h2-8,16H,15H2,1H3. The highest BCUT2D eigenvalue weighted by Crippen LogP contribution is 2.26. The average molecular weight is 341 g/mol. The van der Waals surface area contributed by atoms with Crippen LogP contribution in [0.1, 0.15) is 5.56 Å². The minimum absolute atomic E-state index is 0.206. The maximum atomic E-state index is 12.2. The molecule has 0 saturated heterocycles. The third kappa shape index (κ3) is 3.27. The van der Waals surface area contributed by atoms with E-state index < -0.39 is 10.0 Å². The summed E-state index contributed by atoms with van der Waals surface area (Å²) >= 11 is 3.28. The lowest BCUT2D eigenvalue weighted by Gasteiger charge is -2.11. The van der Waals surface area contributed by atoms with E-state index >= 15 is 0 Å². The van der Waals surface area contributed by atoms with Gasteiger partial charge in [0.15, 0.2) is 0 Å². The Morgan fingerprint density at radius 1 is 1.11 bits per heavy atom. The summed E-state index contributed by atoms with van der Waals surface area (Å²) in [5.41, 5.74) is 7.48. The lowest BCUT2D eigenvalue weighted by molar-refractivity contribution is 0.601. The molecule has 3 N–H and O–H groups in total. The Hall–Kier alpha value is -1.53. The Kier molecular flexibility index (Phi) is 3.82. The smallest absolute Gasteiger partial charge is 0.261 e. The number of aryl methyl sites for hydroxylation is 1. The fourth-order valence-electron chi connectivity index (χ4n) is 1.54. The largest absolute Gasteiger partial charge is 0.397 e. The summed E-state index contributed by atoms with van der Waals surface area (Å²) in [6.45, 7) is 1.90. The number of nitrogen functional groups attached to an aromatic ring is 1. The number of nitrogens with two attached hydrogens (primary N) is 1. The van der Waals surface area contributed by atoms with E-state index in [4.69, 9.17) is 5.73 Å². The summed E-state index contributed by atoms with van der Waals surface area (Å²) in [7, 11) is -3.62. The third-order valence-electron chi connectivity index (χ3n) is 2.59. The summed E-state index contributed by atoms with van der Waals surface area (Å²) in [6, 6.07) is 11.6. The molecule has 0 aliphatic heterocycles. The van der Waals surface area contributed by atoms with Crippen LogP contribution in [0.5, 0.6) is 0 Å². The highest BCUT2D eigenvalue weighted by atomic mass is 79.9. The van der Waals surface area contributed by atoms with Gasteiger partial charge in [0.25, 0.3) is 10.0 Å². The number of rotatable bonds is 3. The Balaban J connectivity index is 2.36. The van der Waals surface area contributed by atoms with Crippen LogP contribution >= 0.6 is 15.9 Å². The van der Waals surface area contributed by atoms with Crippen molar-refractivity contribution in [1.29, 1.82) is 0 Å². The van der Waals surface area contributed by atoms with Crippen molar-refractivity contribution in [2.75, 3.05) is 10.5 Å². The number of hydrogen-bond donors (Lipinski definition) is 2. The number of nitrogens with one attached hydrogen (secondary N) is 1. The quantitative estimate of drug-likeness (QED) is 0.843. The Bertz CT molecular complexity index is 697. The molecule has 0 fully saturated rings. The molecule has 2 rings (SSSR count). The van der Waals surface area contributed by atoms with Crippen LogP contribution in [-0.2, 0) is 10.0 Å². The molecular weight excluding hydrogens is 328 g/mol. The highest BCUT2D eigenvalue weighted by molar-refractivity contribution is 9.10. The van der Waals surface area contributed by atoms with E-state index in [1.54, 1.807) is 42.5 Å². The molecule has 0 atom stereocenters. The second kappa shape index (κ2) is 5.22. The lowest BCUT2D eigenvalue weighted by atomic mass is 10.2. The van der Waals surface area contributed by atoms with E-state index in [2.05, 4.69) is 20.7 Å². The van der Waals surface area contributed by atoms with Gasteiger partial charge in [-0.3, -0.25) is 4.72 Å². The zero-order chi connectivity index (χ0) is 14.0. The fraction of sp³-hybridized carbons (Fsp3) is 0.0769. The first kappa shape index (κ1) is 13.9. The molecule has 0 unspecified atom stereocenters. The number of anilines is 2. The minimum atomic E-state index is -3.62. The summed E-state index contributed by atoms with van der Waals surface area (Å²) in [4.78, 5) is 0.206. The van der Waals surface area contributed by atoms with Gasteiger partial charge in [-0.15, -0.1) is 0 Å². The Morgan fingerprint density at radius 2 is 1.74 bits per heavy atom. The van der Waals surface area contributed by atoms with Crippen LogP contribution in [0.15, 0.2) is 51.8 Å². The fourth-order valence-corrected chi connectivity index (χ4v) is 2.98. The van der Waals surface area contributed by atoms with Gasteiger partial charge in [-0.2, -0.15) is 0 Å². The SMILES string of the molecule is Cc1ccc(S(=O)(=O)Nc2cc(Br)ccc2N)cc1. The van der Waals surface area contributed by atoms with Crippen molar-refractivity contribution in [2.24, 2.45) is 0 Å². The first-order valence-corrected chi connectivity index (χ1v) is 7.80. The summed E-state index contributed by atoms with van der Waals surface area (Å²) in [5, 5.41) is 0. The average Bonchev–Trinajstić information content (AvgIpc) is 2.34. The molecule has 0 radical (unpaired) electrons. The van der Waals surface area contributed by atoms with Crippen LogP contribution in [0, 0.1) is 6.92 Å². The van der Waals surface area contributed by atoms with Crippen LogP contribution in [0.3, 0.4) is 0 Å². The molecule has 19 heavy (non-hydrogen) atoms. The van der Waals surface area contributed by atoms with Gasteiger partial charge < -0.3 is 5.73 Å². The van der Waals surface area contributed by atoms with Gasteiger partial charge in [0, 0.05) is 4.47 Å². The molecule has 0 heterocycles. The molecule has 0 saturated carbocycles. The molecule has 2 aromatic carbocycles. The van der Waals surface area contributed by atoms with E-state index in [0.717, 1.165) is 10.0 Å². The summed E-state index contributed by atoms with van der Waals surface area (Å²) in [5.74, 6) is 0. The third-order valence-corrected chi connectivity index (χ3v) is 4.47. The first-order valence-electron chi connectivity index (χ1n) is 5.53. The van der Waals surface area contributed by atoms with E-state index in [1.165, 1.54) is 0 Å². The molecule has 0 aromatic heterocycles. The van der Waals surface area contributed by atoms with E-state index in [9.17, 15) is 8.42 Å². The van der Waals surface area contributed by atoms with Crippen LogP contribution in [0.2, 0.25) is 0 Å². The zero-order valence-corrected chi connectivity index (χ0v) is 12.6. The Morgan fingerprint density at radius 3 is 2.37 bits per heavy atom. The molecule has 0 aliphatic rings. The van der Waals surface area contributed by atoms with Crippen LogP contribution < -0.4 is 10.5 Å². The van der Waals surface area contributed by atoms with Gasteiger partial charge in [-0.05, 0) is 37.3 Å². The van der Waals surface area contributed by atoms with Gasteiger partial charge in [0.2, 0.25) is 0 Å². The normalized spacial score (nSPS) is 11.3. The van der Waals surface area contributed by atoms with E-state index in [1.807, 2.05) is 6.92 Å². The molecule has 0 spiro atoms. The topological polar surface area (TPSA) is 72.2 Å². The summed E-state index contributed by atoms with van der Waals surface area (Å²) in [6.07, 6.45) is 0. The monoisotopic (exact) mass is 340 g/mol. The van der Waals surface area contributed by atoms with Gasteiger partial charge in [-0.25, -0.2) is 8.42 Å². The molecular formula is C13H13BrN2O2S. The number of sulfonamides is 1. The maximum absolute atomic E-state index is 12.2. The zero-order valence-electron chi connectivity index (χ0n) is 10.2. The molecule has 6 heteroatoms. The van der Waals surface area contributed by atoms with Crippen molar-refractivity contribution >= 4 is 37.3 Å². The van der Waals surface area contributed by atoms with E-state index in [-0.39, 0.29) is 4.90 Å². The van der Waals surface area contributed by atoms with Crippen LogP contribution in [0.4, 0.5) is 11.4 Å². The van der Waals surface area contributed by atoms with Crippen molar-refractivity contribution in [1.82, 2.24) is 0 Å². The minimum Gasteiger partial charge on any atom is -0.397 e. The van der Waals surface area contributed by atoms with Crippen molar-refractivity contribution in [2.45, 2.75) is 11.8 Å². The number of halogens is 1. The number of hydrogen-bond acceptors (Lipinski definition) is 3. The molecule has 4 nitrogen and oxygen atoms in total. The van der Waals surface area contributed by atoms with Gasteiger partial charge in [0.05, 0.1) is 16.3 Å². The first-order chi connectivity index (χ1) is 8.88. The molecule has 0 aliphatic carbocycles. The van der Waals surface area contributed by atoms with Crippen LogP contribution in [0.25, 0.3) is 0 Å². The van der Waals surface area contributed by atoms with Crippen molar-refractivity contribution in [3.05, 3.63) is 52.5 Å². The Labute approximate surface area is 120 Å². The van der Waals surface area contributed by atoms with E-state index in [0.29, 0.717) is 11.4 Å². The van der Waals surface area contributed by atoms with Crippen molar-refractivity contribution in [3.63, 3.8) is 0 Å². The van der Waals surface area contributed by atoms with Gasteiger partial charge in [-0.1, -0.05) is 33.6 Å². The predicted molar refractivity (Wildman–Crippen MR) is 80.5 cm³/mol. The molecule has 0 amide bonds. The summed E-state index contributed by atoms with van der Waals surface area (Å²) < 4.78 is 27.6. The second-order valence-corrected chi connectivity index (χ2v) is 6.75.